The molecular formula is C21H35N5O3. The Balaban J connectivity index is 1.69. The highest BCUT2D eigenvalue weighted by atomic mass is 16.6. The van der Waals surface area contributed by atoms with Crippen LogP contribution < -0.4 is 16.0 Å². The van der Waals surface area contributed by atoms with Crippen LogP contribution in [0, 0.1) is 5.92 Å². The van der Waals surface area contributed by atoms with E-state index in [2.05, 4.69) is 36.7 Å². The first kappa shape index (κ1) is 21.6. The molecule has 2 fully saturated rings. The van der Waals surface area contributed by atoms with Crippen LogP contribution in [0.3, 0.4) is 0 Å². The summed E-state index contributed by atoms with van der Waals surface area (Å²) in [4.78, 5) is 24.5. The Labute approximate surface area is 173 Å². The van der Waals surface area contributed by atoms with Crippen molar-refractivity contribution in [3.63, 3.8) is 0 Å². The lowest BCUT2D eigenvalue weighted by molar-refractivity contribution is -0.119. The monoisotopic (exact) mass is 405 g/mol. The van der Waals surface area contributed by atoms with Gasteiger partial charge in [0.1, 0.15) is 11.9 Å². The van der Waals surface area contributed by atoms with Crippen LogP contribution in [0.5, 0.6) is 0 Å². The van der Waals surface area contributed by atoms with E-state index in [1.54, 1.807) is 0 Å². The average molecular weight is 406 g/mol. The summed E-state index contributed by atoms with van der Waals surface area (Å²) < 4.78 is 7.45. The van der Waals surface area contributed by atoms with E-state index in [4.69, 9.17) is 9.84 Å². The molecule has 3 N–H and O–H groups in total. The summed E-state index contributed by atoms with van der Waals surface area (Å²) in [5, 5.41) is 13.9. The minimum absolute atomic E-state index is 0.00509. The fraction of sp³-hybridized carbons (Fsp3) is 0.762. The van der Waals surface area contributed by atoms with Crippen LogP contribution in [-0.2, 0) is 15.1 Å². The SMILES string of the molecule is CC(C)NC(=O)O[C@@H]1CC[C@H](c2cc(NC(=O)[C@H]3CCNC3)n(C(C)(C)C)n2)C1. The summed E-state index contributed by atoms with van der Waals surface area (Å²) in [6.45, 7) is 11.7. The number of anilines is 1. The van der Waals surface area contributed by atoms with E-state index < -0.39 is 0 Å². The fourth-order valence-corrected chi connectivity index (χ4v) is 4.04. The number of nitrogens with one attached hydrogen (secondary N) is 3. The van der Waals surface area contributed by atoms with E-state index in [0.717, 1.165) is 50.3 Å². The lowest BCUT2D eigenvalue weighted by Gasteiger charge is -2.23. The molecule has 8 nitrogen and oxygen atoms in total. The summed E-state index contributed by atoms with van der Waals surface area (Å²) in [6, 6.07) is 2.05. The van der Waals surface area contributed by atoms with Gasteiger partial charge in [-0.05, 0) is 66.8 Å². The van der Waals surface area contributed by atoms with Gasteiger partial charge in [0.05, 0.1) is 17.2 Å². The van der Waals surface area contributed by atoms with Gasteiger partial charge in [0.25, 0.3) is 0 Å². The zero-order valence-corrected chi connectivity index (χ0v) is 18.2. The van der Waals surface area contributed by atoms with Crippen LogP contribution in [0.15, 0.2) is 6.07 Å². The van der Waals surface area contributed by atoms with Gasteiger partial charge in [-0.2, -0.15) is 5.10 Å². The van der Waals surface area contributed by atoms with Crippen LogP contribution in [0.2, 0.25) is 0 Å². The van der Waals surface area contributed by atoms with Crippen LogP contribution in [-0.4, -0.2) is 47.0 Å². The lowest BCUT2D eigenvalue weighted by atomic mass is 10.0. The molecule has 0 unspecified atom stereocenters. The number of nitrogens with zero attached hydrogens (tertiary/aromatic N) is 2. The molecule has 0 bridgehead atoms. The Bertz CT molecular complexity index is 731. The Hall–Kier alpha value is -2.09. The van der Waals surface area contributed by atoms with E-state index in [-0.39, 0.29) is 41.5 Å². The number of carbonyl (C=O) groups excluding carboxylic acids is 2. The van der Waals surface area contributed by atoms with Crippen molar-refractivity contribution in [3.05, 3.63) is 11.8 Å². The van der Waals surface area contributed by atoms with Crippen molar-refractivity contribution in [2.24, 2.45) is 5.92 Å². The molecule has 2 aliphatic rings. The summed E-state index contributed by atoms with van der Waals surface area (Å²) >= 11 is 0. The zero-order chi connectivity index (χ0) is 21.2. The highest BCUT2D eigenvalue weighted by molar-refractivity contribution is 5.92. The molecule has 1 saturated heterocycles. The van der Waals surface area contributed by atoms with Crippen molar-refractivity contribution in [1.82, 2.24) is 20.4 Å². The highest BCUT2D eigenvalue weighted by Gasteiger charge is 2.33. The van der Waals surface area contributed by atoms with Gasteiger partial charge in [-0.3, -0.25) is 4.79 Å². The molecule has 1 aromatic heterocycles. The lowest BCUT2D eigenvalue weighted by Crippen LogP contribution is -2.33. The first-order chi connectivity index (χ1) is 13.6. The Morgan fingerprint density at radius 2 is 2.03 bits per heavy atom. The van der Waals surface area contributed by atoms with Crippen molar-refractivity contribution in [2.75, 3.05) is 18.4 Å². The second-order valence-corrected chi connectivity index (χ2v) is 9.55. The summed E-state index contributed by atoms with van der Waals surface area (Å²) in [6.07, 6.45) is 2.91. The van der Waals surface area contributed by atoms with Gasteiger partial charge in [0, 0.05) is 24.6 Å². The summed E-state index contributed by atoms with van der Waals surface area (Å²) in [7, 11) is 0. The van der Waals surface area contributed by atoms with Crippen molar-refractivity contribution < 1.29 is 14.3 Å². The average Bonchev–Trinajstić information content (AvgIpc) is 3.33. The molecule has 0 radical (unpaired) electrons. The molecule has 3 atom stereocenters. The molecule has 0 spiro atoms. The number of ether oxygens (including phenoxy) is 1. The van der Waals surface area contributed by atoms with Crippen LogP contribution in [0.1, 0.15) is 71.9 Å². The van der Waals surface area contributed by atoms with E-state index in [1.165, 1.54) is 0 Å². The van der Waals surface area contributed by atoms with E-state index >= 15 is 0 Å². The number of carbonyl (C=O) groups is 2. The van der Waals surface area contributed by atoms with Gasteiger partial charge < -0.3 is 20.7 Å². The predicted molar refractivity (Wildman–Crippen MR) is 112 cm³/mol. The van der Waals surface area contributed by atoms with Gasteiger partial charge in [-0.25, -0.2) is 9.48 Å². The minimum atomic E-state index is -0.357. The van der Waals surface area contributed by atoms with Crippen LogP contribution in [0.25, 0.3) is 0 Å². The number of hydrogen-bond acceptors (Lipinski definition) is 5. The van der Waals surface area contributed by atoms with Crippen LogP contribution in [0.4, 0.5) is 10.6 Å². The van der Waals surface area contributed by atoms with Gasteiger partial charge in [0.15, 0.2) is 0 Å². The standard InChI is InChI=1S/C21H35N5O3/c1-13(2)23-20(28)29-16-7-6-14(10-16)17-11-18(26(25-17)21(3,4)5)24-19(27)15-8-9-22-12-15/h11,13-16,22H,6-10,12H2,1-5H3,(H,23,28)(H,24,27)/t14-,15-,16+/m0/s1. The van der Waals surface area contributed by atoms with Crippen molar-refractivity contribution in [3.8, 4) is 0 Å². The van der Waals surface area contributed by atoms with Crippen LogP contribution >= 0.6 is 0 Å². The smallest absolute Gasteiger partial charge is 0.407 e. The molecule has 162 valence electrons. The molecule has 2 heterocycles. The zero-order valence-electron chi connectivity index (χ0n) is 18.2. The largest absolute Gasteiger partial charge is 0.446 e. The van der Waals surface area contributed by atoms with E-state index in [1.807, 2.05) is 24.6 Å². The third-order valence-corrected chi connectivity index (χ3v) is 5.53. The Morgan fingerprint density at radius 1 is 1.28 bits per heavy atom. The Kier molecular flexibility index (Phi) is 6.51. The number of hydrogen-bond donors (Lipinski definition) is 3. The third-order valence-electron chi connectivity index (χ3n) is 5.53. The summed E-state index contributed by atoms with van der Waals surface area (Å²) in [5.74, 6) is 1.01. The maximum absolute atomic E-state index is 12.6. The first-order valence-electron chi connectivity index (χ1n) is 10.7. The number of alkyl carbamates (subject to hydrolysis) is 1. The first-order valence-corrected chi connectivity index (χ1v) is 10.7. The Morgan fingerprint density at radius 3 is 2.66 bits per heavy atom. The van der Waals surface area contributed by atoms with Crippen molar-refractivity contribution in [1.29, 1.82) is 0 Å². The molecule has 2 amide bonds. The third kappa shape index (κ3) is 5.50. The minimum Gasteiger partial charge on any atom is -0.446 e. The molecule has 1 aromatic rings. The quantitative estimate of drug-likeness (QED) is 0.700. The maximum Gasteiger partial charge on any atom is 0.407 e. The maximum atomic E-state index is 12.6. The second kappa shape index (κ2) is 8.73. The second-order valence-electron chi connectivity index (χ2n) is 9.55. The number of amides is 2. The van der Waals surface area contributed by atoms with Gasteiger partial charge in [-0.1, -0.05) is 0 Å². The topological polar surface area (TPSA) is 97.3 Å². The van der Waals surface area contributed by atoms with Crippen molar-refractivity contribution in [2.45, 2.75) is 83.9 Å². The molecule has 1 aliphatic heterocycles. The molecule has 8 heteroatoms. The molecule has 1 aliphatic carbocycles. The van der Waals surface area contributed by atoms with Gasteiger partial charge in [0.2, 0.25) is 5.91 Å². The molecule has 29 heavy (non-hydrogen) atoms. The highest BCUT2D eigenvalue weighted by Crippen LogP contribution is 2.37. The predicted octanol–water partition coefficient (Wildman–Crippen LogP) is 2.96. The molecule has 3 rings (SSSR count). The molecule has 1 saturated carbocycles. The molecule has 0 aromatic carbocycles. The number of rotatable bonds is 5. The van der Waals surface area contributed by atoms with Gasteiger partial charge >= 0.3 is 6.09 Å². The molecular weight excluding hydrogens is 370 g/mol. The van der Waals surface area contributed by atoms with E-state index in [9.17, 15) is 9.59 Å². The summed E-state index contributed by atoms with van der Waals surface area (Å²) in [5.41, 5.74) is 0.704. The van der Waals surface area contributed by atoms with E-state index in [0.29, 0.717) is 0 Å². The number of aromatic nitrogens is 2. The normalized spacial score (nSPS) is 24.7. The fourth-order valence-electron chi connectivity index (χ4n) is 4.04. The van der Waals surface area contributed by atoms with Gasteiger partial charge in [-0.15, -0.1) is 0 Å². The van der Waals surface area contributed by atoms with Crippen molar-refractivity contribution >= 4 is 17.8 Å².